The van der Waals surface area contributed by atoms with Crippen LogP contribution in [-0.4, -0.2) is 11.7 Å². The van der Waals surface area contributed by atoms with Gasteiger partial charge in [0.2, 0.25) is 0 Å². The third kappa shape index (κ3) is 1.80. The first-order valence-electron chi connectivity index (χ1n) is 3.52. The number of aryl methyl sites for hydroxylation is 2. The Morgan fingerprint density at radius 3 is 2.73 bits per heavy atom. The molecule has 0 aliphatic rings. The number of H-pyrrole nitrogens is 1. The summed E-state index contributed by atoms with van der Waals surface area (Å²) in [6.07, 6.45) is 3.63. The van der Waals surface area contributed by atoms with Gasteiger partial charge in [-0.15, -0.1) is 0 Å². The highest BCUT2D eigenvalue weighted by atomic mass is 14.7. The average molecular weight is 148 g/mol. The minimum absolute atomic E-state index is 1.17. The molecule has 0 aliphatic carbocycles. The Balaban J connectivity index is 2.93. The summed E-state index contributed by atoms with van der Waals surface area (Å²) < 4.78 is 0. The maximum absolute atomic E-state index is 3.64. The third-order valence-corrected chi connectivity index (χ3v) is 1.55. The van der Waals surface area contributed by atoms with Crippen LogP contribution in [-0.2, 0) is 0 Å². The zero-order chi connectivity index (χ0) is 8.27. The maximum atomic E-state index is 3.64. The third-order valence-electron chi connectivity index (χ3n) is 1.55. The summed E-state index contributed by atoms with van der Waals surface area (Å²) in [5.41, 5.74) is 3.52. The molecule has 1 aromatic heterocycles. The number of rotatable bonds is 2. The molecule has 0 aliphatic heterocycles. The molecule has 0 spiro atoms. The number of aliphatic imine (C=N–C) groups is 1. The summed E-state index contributed by atoms with van der Waals surface area (Å²) in [4.78, 5) is 6.84. The molecule has 0 amide bonds. The second-order valence-electron chi connectivity index (χ2n) is 2.53. The van der Waals surface area contributed by atoms with Crippen molar-refractivity contribution in [3.05, 3.63) is 29.2 Å². The van der Waals surface area contributed by atoms with Crippen molar-refractivity contribution < 1.29 is 0 Å². The standard InChI is InChI=1S/C9H12N2/c1-7-6-9(4-5-10-3)8(2)11-7/h4-6,11H,3H2,1-2H3/b5-4-. The van der Waals surface area contributed by atoms with Crippen LogP contribution in [0.4, 0.5) is 0 Å². The molecule has 2 nitrogen and oxygen atoms in total. The quantitative estimate of drug-likeness (QED) is 0.623. The van der Waals surface area contributed by atoms with Gasteiger partial charge in [0.05, 0.1) is 0 Å². The van der Waals surface area contributed by atoms with Crippen molar-refractivity contribution in [1.82, 2.24) is 4.98 Å². The zero-order valence-electron chi connectivity index (χ0n) is 6.89. The summed E-state index contributed by atoms with van der Waals surface area (Å²) in [6, 6.07) is 2.08. The normalized spacial score (nSPS) is 10.7. The fraction of sp³-hybridized carbons (Fsp3) is 0.222. The van der Waals surface area contributed by atoms with E-state index in [0.717, 1.165) is 0 Å². The van der Waals surface area contributed by atoms with Gasteiger partial charge >= 0.3 is 0 Å². The van der Waals surface area contributed by atoms with Gasteiger partial charge in [0.15, 0.2) is 0 Å². The van der Waals surface area contributed by atoms with Gasteiger partial charge in [-0.25, -0.2) is 0 Å². The molecule has 0 unspecified atom stereocenters. The number of hydrogen-bond donors (Lipinski definition) is 1. The summed E-state index contributed by atoms with van der Waals surface area (Å²) in [5.74, 6) is 0. The smallest absolute Gasteiger partial charge is 0.0267 e. The number of nitrogens with zero attached hydrogens (tertiary/aromatic N) is 1. The predicted molar refractivity (Wildman–Crippen MR) is 48.8 cm³/mol. The number of aromatic nitrogens is 1. The highest BCUT2D eigenvalue weighted by Gasteiger charge is 1.95. The van der Waals surface area contributed by atoms with Crippen LogP contribution in [0.2, 0.25) is 0 Å². The first kappa shape index (κ1) is 7.79. The summed E-state index contributed by atoms with van der Waals surface area (Å²) >= 11 is 0. The number of aromatic amines is 1. The van der Waals surface area contributed by atoms with Gasteiger partial charge in [-0.2, -0.15) is 0 Å². The summed E-state index contributed by atoms with van der Waals surface area (Å²) in [5, 5.41) is 0. The lowest BCUT2D eigenvalue weighted by molar-refractivity contribution is 1.19. The SMILES string of the molecule is C=N/C=C\c1cc(C)[nH]c1C. The first-order valence-corrected chi connectivity index (χ1v) is 3.52. The Kier molecular flexibility index (Phi) is 2.26. The lowest BCUT2D eigenvalue weighted by Crippen LogP contribution is -1.72. The van der Waals surface area contributed by atoms with Crippen LogP contribution in [0.3, 0.4) is 0 Å². The van der Waals surface area contributed by atoms with Crippen LogP contribution < -0.4 is 0 Å². The van der Waals surface area contributed by atoms with E-state index < -0.39 is 0 Å². The van der Waals surface area contributed by atoms with E-state index in [9.17, 15) is 0 Å². The minimum atomic E-state index is 1.17. The van der Waals surface area contributed by atoms with Crippen LogP contribution >= 0.6 is 0 Å². The van der Waals surface area contributed by atoms with Gasteiger partial charge in [0.25, 0.3) is 0 Å². The molecule has 11 heavy (non-hydrogen) atoms. The van der Waals surface area contributed by atoms with Crippen LogP contribution in [0.25, 0.3) is 6.08 Å². The van der Waals surface area contributed by atoms with Crippen LogP contribution in [0.1, 0.15) is 17.0 Å². The Labute approximate surface area is 66.7 Å². The van der Waals surface area contributed by atoms with E-state index in [1.807, 2.05) is 19.9 Å². The van der Waals surface area contributed by atoms with Crippen LogP contribution in [0.15, 0.2) is 17.3 Å². The number of hydrogen-bond acceptors (Lipinski definition) is 1. The van der Waals surface area contributed by atoms with Gasteiger partial charge in [-0.1, -0.05) is 0 Å². The predicted octanol–water partition coefficient (Wildman–Crippen LogP) is 2.30. The molecule has 2 heteroatoms. The molecular weight excluding hydrogens is 136 g/mol. The molecular formula is C9H12N2. The Bertz CT molecular complexity index is 282. The lowest BCUT2D eigenvalue weighted by atomic mass is 10.2. The van der Waals surface area contributed by atoms with Gasteiger partial charge < -0.3 is 4.98 Å². The molecule has 0 fully saturated rings. The van der Waals surface area contributed by atoms with Crippen molar-refractivity contribution in [2.45, 2.75) is 13.8 Å². The van der Waals surface area contributed by atoms with E-state index in [-0.39, 0.29) is 0 Å². The van der Waals surface area contributed by atoms with E-state index in [1.54, 1.807) is 6.20 Å². The fourth-order valence-corrected chi connectivity index (χ4v) is 1.05. The molecule has 1 aromatic rings. The van der Waals surface area contributed by atoms with Gasteiger partial charge in [0, 0.05) is 17.6 Å². The van der Waals surface area contributed by atoms with Crippen LogP contribution in [0, 0.1) is 13.8 Å². The van der Waals surface area contributed by atoms with Gasteiger partial charge in [0.1, 0.15) is 0 Å². The second-order valence-corrected chi connectivity index (χ2v) is 2.53. The highest BCUT2D eigenvalue weighted by Crippen LogP contribution is 2.10. The molecule has 0 radical (unpaired) electrons. The highest BCUT2D eigenvalue weighted by molar-refractivity contribution is 5.53. The maximum Gasteiger partial charge on any atom is 0.0267 e. The minimum Gasteiger partial charge on any atom is -0.362 e. The summed E-state index contributed by atoms with van der Waals surface area (Å²) in [6.45, 7) is 7.44. The van der Waals surface area contributed by atoms with Crippen molar-refractivity contribution in [3.63, 3.8) is 0 Å². The second kappa shape index (κ2) is 3.19. The molecule has 1 N–H and O–H groups in total. The largest absolute Gasteiger partial charge is 0.362 e. The molecule has 0 aromatic carbocycles. The Morgan fingerprint density at radius 2 is 2.27 bits per heavy atom. The van der Waals surface area contributed by atoms with E-state index in [2.05, 4.69) is 22.8 Å². The van der Waals surface area contributed by atoms with Crippen molar-refractivity contribution in [2.24, 2.45) is 4.99 Å². The van der Waals surface area contributed by atoms with Crippen molar-refractivity contribution in [1.29, 1.82) is 0 Å². The first-order chi connectivity index (χ1) is 5.24. The van der Waals surface area contributed by atoms with Crippen LogP contribution in [0.5, 0.6) is 0 Å². The molecule has 0 saturated carbocycles. The lowest BCUT2D eigenvalue weighted by Gasteiger charge is -1.86. The molecule has 0 atom stereocenters. The van der Waals surface area contributed by atoms with E-state index in [1.165, 1.54) is 17.0 Å². The topological polar surface area (TPSA) is 28.1 Å². The molecule has 1 heterocycles. The molecule has 58 valence electrons. The molecule has 0 saturated heterocycles. The molecule has 1 rings (SSSR count). The van der Waals surface area contributed by atoms with Gasteiger partial charge in [-0.3, -0.25) is 4.99 Å². The Morgan fingerprint density at radius 1 is 1.55 bits per heavy atom. The number of nitrogens with one attached hydrogen (secondary N) is 1. The van der Waals surface area contributed by atoms with Crippen molar-refractivity contribution >= 4 is 12.8 Å². The molecule has 0 bridgehead atoms. The average Bonchev–Trinajstić information content (AvgIpc) is 2.26. The van der Waals surface area contributed by atoms with E-state index in [4.69, 9.17) is 0 Å². The van der Waals surface area contributed by atoms with Crippen molar-refractivity contribution in [3.8, 4) is 0 Å². The summed E-state index contributed by atoms with van der Waals surface area (Å²) in [7, 11) is 0. The zero-order valence-corrected chi connectivity index (χ0v) is 6.89. The fourth-order valence-electron chi connectivity index (χ4n) is 1.05. The van der Waals surface area contributed by atoms with E-state index >= 15 is 0 Å². The van der Waals surface area contributed by atoms with E-state index in [0.29, 0.717) is 0 Å². The Hall–Kier alpha value is -1.31. The van der Waals surface area contributed by atoms with Crippen molar-refractivity contribution in [2.75, 3.05) is 0 Å². The van der Waals surface area contributed by atoms with Gasteiger partial charge in [-0.05, 0) is 38.3 Å². The monoisotopic (exact) mass is 148 g/mol.